The molecule has 0 saturated carbocycles. The first-order chi connectivity index (χ1) is 27.2. The van der Waals surface area contributed by atoms with Crippen molar-refractivity contribution in [2.75, 3.05) is 0 Å². The molecule has 0 radical (unpaired) electrons. The second-order valence-electron chi connectivity index (χ2n) is 16.4. The minimum Gasteiger partial charge on any atom is -0.508 e. The van der Waals surface area contributed by atoms with E-state index >= 15 is 0 Å². The molecule has 2 N–H and O–H groups in total. The number of hydrogen-bond acceptors (Lipinski definition) is 4. The van der Waals surface area contributed by atoms with Gasteiger partial charge in [-0.2, -0.15) is 11.8 Å². The van der Waals surface area contributed by atoms with Crippen molar-refractivity contribution in [3.05, 3.63) is 176 Å². The van der Waals surface area contributed by atoms with Crippen LogP contribution in [0.3, 0.4) is 0 Å². The normalized spacial score (nSPS) is 10.1. The van der Waals surface area contributed by atoms with Crippen molar-refractivity contribution in [2.24, 2.45) is 11.8 Å². The lowest BCUT2D eigenvalue weighted by molar-refractivity contribution is 0.0939. The molecule has 0 spiro atoms. The summed E-state index contributed by atoms with van der Waals surface area (Å²) in [5.41, 5.74) is 13.4. The van der Waals surface area contributed by atoms with E-state index in [1.54, 1.807) is 18.2 Å². The van der Waals surface area contributed by atoms with E-state index in [9.17, 15) is 9.90 Å². The van der Waals surface area contributed by atoms with Crippen LogP contribution in [0.5, 0.6) is 11.5 Å². The van der Waals surface area contributed by atoms with Crippen molar-refractivity contribution in [3.63, 3.8) is 0 Å². The number of hydrogen-bond donors (Lipinski definition) is 2. The van der Waals surface area contributed by atoms with Gasteiger partial charge in [0.05, 0.1) is 0 Å². The smallest absolute Gasteiger partial charge is 0.165 e. The van der Waals surface area contributed by atoms with Crippen LogP contribution in [0.1, 0.15) is 124 Å². The Bertz CT molecular complexity index is 1940. The number of ketones is 1. The summed E-state index contributed by atoms with van der Waals surface area (Å²) in [5.74, 6) is 2.57. The highest BCUT2D eigenvalue weighted by atomic mass is 32.2. The average Bonchev–Trinajstić information content (AvgIpc) is 3.15. The van der Waals surface area contributed by atoms with Gasteiger partial charge < -0.3 is 10.2 Å². The molecule has 0 bridgehead atoms. The second-order valence-corrected chi connectivity index (χ2v) is 18.0. The van der Waals surface area contributed by atoms with Crippen LogP contribution < -0.4 is 0 Å². The van der Waals surface area contributed by atoms with Crippen LogP contribution in [-0.2, 0) is 12.2 Å². The monoisotopic (exact) mass is 801 g/mol. The number of aryl methyl sites for hydroxylation is 4. The maximum absolute atomic E-state index is 11.4. The molecule has 0 aliphatic carbocycles. The van der Waals surface area contributed by atoms with E-state index in [0.29, 0.717) is 11.3 Å². The number of phenols is 2. The molecule has 0 amide bonds. The van der Waals surface area contributed by atoms with Gasteiger partial charge in [-0.15, -0.1) is 0 Å². The van der Waals surface area contributed by atoms with Crippen molar-refractivity contribution < 1.29 is 15.0 Å². The Hall–Kier alpha value is -4.80. The fraction of sp³-hybridized carbons (Fsp3) is 0.352. The molecule has 0 saturated heterocycles. The molecule has 0 atom stereocenters. The van der Waals surface area contributed by atoms with Crippen LogP contribution in [-0.4, -0.2) is 21.2 Å². The largest absolute Gasteiger partial charge is 0.508 e. The molecule has 0 fully saturated rings. The summed E-state index contributed by atoms with van der Waals surface area (Å²) in [5, 5.41) is 19.1. The Balaban J connectivity index is 0.000000363. The van der Waals surface area contributed by atoms with Gasteiger partial charge in [0, 0.05) is 17.2 Å². The third-order valence-electron chi connectivity index (χ3n) is 8.37. The highest BCUT2D eigenvalue weighted by Gasteiger charge is 2.09. The number of benzene rings is 5. The summed E-state index contributed by atoms with van der Waals surface area (Å²) in [6.07, 6.45) is 5.42. The number of carbonyl (C=O) groups is 1. The third-order valence-corrected chi connectivity index (χ3v) is 9.53. The van der Waals surface area contributed by atoms with Crippen LogP contribution in [0, 0.1) is 39.5 Å². The van der Waals surface area contributed by atoms with Gasteiger partial charge in [-0.05, 0) is 131 Å². The predicted molar refractivity (Wildman–Crippen MR) is 257 cm³/mol. The van der Waals surface area contributed by atoms with E-state index in [2.05, 4.69) is 141 Å². The van der Waals surface area contributed by atoms with Crippen molar-refractivity contribution in [3.8, 4) is 11.5 Å². The summed E-state index contributed by atoms with van der Waals surface area (Å²) in [6.45, 7) is 29.2. The van der Waals surface area contributed by atoms with Crippen LogP contribution in [0.4, 0.5) is 0 Å². The van der Waals surface area contributed by atoms with Crippen molar-refractivity contribution in [1.29, 1.82) is 0 Å². The Morgan fingerprint density at radius 3 is 1.41 bits per heavy atom. The van der Waals surface area contributed by atoms with E-state index in [0.717, 1.165) is 28.0 Å². The zero-order valence-electron chi connectivity index (χ0n) is 38.0. The average molecular weight is 801 g/mol. The quantitative estimate of drug-likeness (QED) is 0.146. The van der Waals surface area contributed by atoms with Crippen LogP contribution >= 0.6 is 11.8 Å². The SMILES string of the molecule is CC(C)=Cc1ccc(C)c(O)c1.CC(C)=Cc1ccc(C)cc1.CC(C)C(=O)c1ccc(O)cc1.Cc1ccc(CC(C)C)cc1.Cc1ccc(CSC(C)C)cc1. The Morgan fingerprint density at radius 1 is 0.569 bits per heavy atom. The molecule has 5 rings (SSSR count). The molecule has 0 heterocycles. The first-order valence-corrected chi connectivity index (χ1v) is 21.5. The minimum atomic E-state index is 0.00884. The number of phenolic OH excluding ortho intramolecular Hbond substituents is 2. The van der Waals surface area contributed by atoms with Crippen LogP contribution in [0.15, 0.2) is 126 Å². The highest BCUT2D eigenvalue weighted by Crippen LogP contribution is 2.20. The van der Waals surface area contributed by atoms with Crippen LogP contribution in [0.2, 0.25) is 0 Å². The van der Waals surface area contributed by atoms with Gasteiger partial charge in [0.25, 0.3) is 0 Å². The number of aromatic hydroxyl groups is 2. The lowest BCUT2D eigenvalue weighted by Gasteiger charge is -2.04. The predicted octanol–water partition coefficient (Wildman–Crippen LogP) is 15.6. The standard InChI is InChI=1S/C11H14O.C11H16S.C11H16.C11H14.C10H12O2/c1-8(2)6-10-5-4-9(3)11(12)7-10;1-9(2)12-8-11-6-4-10(3)5-7-11;2*1-9(2)8-11-6-4-10(3)5-7-11;1-7(2)10(12)8-3-5-9(11)6-4-8/h4-7,12H,1-3H3;4-7,9H,8H2,1-3H3;4-7,9H,8H2,1-3H3;4-8H,1-3H3;3-7,11H,1-2H3. The molecule has 0 aliphatic rings. The van der Waals surface area contributed by atoms with Crippen molar-refractivity contribution >= 4 is 29.7 Å². The molecule has 58 heavy (non-hydrogen) atoms. The molecular formula is C54H72O3S. The summed E-state index contributed by atoms with van der Waals surface area (Å²) >= 11 is 1.99. The number of thioether (sulfide) groups is 1. The van der Waals surface area contributed by atoms with Gasteiger partial charge in [-0.25, -0.2) is 0 Å². The van der Waals surface area contributed by atoms with E-state index in [-0.39, 0.29) is 17.5 Å². The second kappa shape index (κ2) is 27.8. The molecule has 4 heteroatoms. The first-order valence-electron chi connectivity index (χ1n) is 20.5. The molecule has 0 aromatic heterocycles. The number of carbonyl (C=O) groups excluding carboxylic acids is 1. The molecule has 5 aromatic rings. The summed E-state index contributed by atoms with van der Waals surface area (Å²) in [7, 11) is 0. The summed E-state index contributed by atoms with van der Waals surface area (Å²) in [6, 6.07) is 38.1. The van der Waals surface area contributed by atoms with Gasteiger partial charge >= 0.3 is 0 Å². The van der Waals surface area contributed by atoms with Gasteiger partial charge in [-0.1, -0.05) is 166 Å². The molecular weight excluding hydrogens is 729 g/mol. The zero-order chi connectivity index (χ0) is 43.8. The first kappa shape index (κ1) is 51.2. The van der Waals surface area contributed by atoms with E-state index in [1.165, 1.54) is 63.1 Å². The van der Waals surface area contributed by atoms with E-state index < -0.39 is 0 Å². The molecule has 0 aliphatic heterocycles. The van der Waals surface area contributed by atoms with Crippen LogP contribution in [0.25, 0.3) is 12.2 Å². The molecule has 0 unspecified atom stereocenters. The summed E-state index contributed by atoms with van der Waals surface area (Å²) in [4.78, 5) is 11.4. The lowest BCUT2D eigenvalue weighted by atomic mass is 10.0. The third kappa shape index (κ3) is 24.1. The van der Waals surface area contributed by atoms with Gasteiger partial charge in [0.2, 0.25) is 0 Å². The maximum Gasteiger partial charge on any atom is 0.165 e. The number of allylic oxidation sites excluding steroid dienone is 2. The number of Topliss-reactive ketones (excluding diaryl/α,β-unsaturated/α-hetero) is 1. The molecule has 312 valence electrons. The maximum atomic E-state index is 11.4. The zero-order valence-corrected chi connectivity index (χ0v) is 38.8. The highest BCUT2D eigenvalue weighted by molar-refractivity contribution is 7.99. The fourth-order valence-corrected chi connectivity index (χ4v) is 5.87. The topological polar surface area (TPSA) is 57.5 Å². The minimum absolute atomic E-state index is 0.00884. The van der Waals surface area contributed by atoms with Gasteiger partial charge in [0.15, 0.2) is 5.78 Å². The lowest BCUT2D eigenvalue weighted by Crippen LogP contribution is -2.06. The van der Waals surface area contributed by atoms with Gasteiger partial charge in [-0.3, -0.25) is 4.79 Å². The van der Waals surface area contributed by atoms with Crippen molar-refractivity contribution in [2.45, 2.75) is 114 Å². The van der Waals surface area contributed by atoms with Gasteiger partial charge in [0.1, 0.15) is 11.5 Å². The Labute approximate surface area is 357 Å². The molecule has 5 aromatic carbocycles. The van der Waals surface area contributed by atoms with Crippen molar-refractivity contribution in [1.82, 2.24) is 0 Å². The Morgan fingerprint density at radius 2 is 1.00 bits per heavy atom. The van der Waals surface area contributed by atoms with E-state index in [4.69, 9.17) is 5.11 Å². The number of rotatable bonds is 9. The Kier molecular flexibility index (Phi) is 24.5. The van der Waals surface area contributed by atoms with E-state index in [1.807, 2.05) is 64.6 Å². The molecule has 3 nitrogen and oxygen atoms in total. The fourth-order valence-electron chi connectivity index (χ4n) is 5.15. The summed E-state index contributed by atoms with van der Waals surface area (Å²) < 4.78 is 0.